The van der Waals surface area contributed by atoms with Crippen molar-refractivity contribution in [3.05, 3.63) is 27.1 Å². The second kappa shape index (κ2) is 7.81. The van der Waals surface area contributed by atoms with Crippen LogP contribution in [0.15, 0.2) is 12.1 Å². The third-order valence-electron chi connectivity index (χ3n) is 4.14. The van der Waals surface area contributed by atoms with Crippen LogP contribution in [0.4, 0.5) is 0 Å². The van der Waals surface area contributed by atoms with Crippen molar-refractivity contribution in [3.8, 4) is 5.75 Å². The normalized spacial score (nSPS) is 14.6. The molecule has 1 aliphatic rings. The first-order valence-electron chi connectivity index (χ1n) is 7.92. The van der Waals surface area contributed by atoms with Crippen LogP contribution in [0.5, 0.6) is 5.75 Å². The molecule has 1 aliphatic heterocycles. The minimum Gasteiger partial charge on any atom is -0.495 e. The van der Waals surface area contributed by atoms with Gasteiger partial charge in [0.2, 0.25) is 0 Å². The third kappa shape index (κ3) is 3.71. The van der Waals surface area contributed by atoms with E-state index < -0.39 is 5.97 Å². The maximum atomic E-state index is 12.3. The van der Waals surface area contributed by atoms with E-state index in [4.69, 9.17) is 32.7 Å². The summed E-state index contributed by atoms with van der Waals surface area (Å²) in [6.07, 6.45) is 3.11. The summed E-state index contributed by atoms with van der Waals surface area (Å²) in [6.45, 7) is 1.16. The number of thiophene rings is 1. The summed E-state index contributed by atoms with van der Waals surface area (Å²) < 4.78 is 11.0. The molecule has 1 amide bonds. The van der Waals surface area contributed by atoms with E-state index in [0.29, 0.717) is 20.9 Å². The minimum atomic E-state index is -0.619. The topological polar surface area (TPSA) is 55.8 Å². The molecule has 5 nitrogen and oxygen atoms in total. The molecular formula is C17H17Cl2NO4S. The van der Waals surface area contributed by atoms with Crippen molar-refractivity contribution in [1.29, 1.82) is 0 Å². The van der Waals surface area contributed by atoms with Crippen LogP contribution in [0.1, 0.15) is 28.9 Å². The number of hydrogen-bond donors (Lipinski definition) is 0. The van der Waals surface area contributed by atoms with Crippen molar-refractivity contribution in [3.63, 3.8) is 0 Å². The number of nitrogens with zero attached hydrogens (tertiary/aromatic N) is 1. The molecule has 2 heterocycles. The Labute approximate surface area is 159 Å². The van der Waals surface area contributed by atoms with Crippen LogP contribution in [0.3, 0.4) is 0 Å². The molecule has 1 aromatic carbocycles. The maximum absolute atomic E-state index is 12.3. The SMILES string of the molecule is COc1ccc2c(Cl)c(C(=O)OCC(=O)N3CCCCC3)sc2c1Cl. The van der Waals surface area contributed by atoms with Gasteiger partial charge in [0.25, 0.3) is 5.91 Å². The number of halogens is 2. The molecule has 1 aromatic heterocycles. The summed E-state index contributed by atoms with van der Waals surface area (Å²) in [5, 5.41) is 1.34. The monoisotopic (exact) mass is 401 g/mol. The molecule has 3 rings (SSSR count). The number of amides is 1. The van der Waals surface area contributed by atoms with Crippen LogP contribution in [-0.2, 0) is 9.53 Å². The molecule has 0 saturated carbocycles. The highest BCUT2D eigenvalue weighted by Crippen LogP contribution is 2.43. The van der Waals surface area contributed by atoms with Crippen molar-refractivity contribution in [1.82, 2.24) is 4.90 Å². The van der Waals surface area contributed by atoms with Crippen LogP contribution in [0, 0.1) is 0 Å². The first-order chi connectivity index (χ1) is 12.0. The lowest BCUT2D eigenvalue weighted by Gasteiger charge is -2.26. The molecule has 2 aromatic rings. The van der Waals surface area contributed by atoms with E-state index in [0.717, 1.165) is 43.7 Å². The van der Waals surface area contributed by atoms with Crippen LogP contribution < -0.4 is 4.74 Å². The molecule has 134 valence electrons. The number of carbonyl (C=O) groups excluding carboxylic acids is 2. The minimum absolute atomic E-state index is 0.176. The van der Waals surface area contributed by atoms with Gasteiger partial charge < -0.3 is 14.4 Å². The lowest BCUT2D eigenvalue weighted by atomic mass is 10.1. The van der Waals surface area contributed by atoms with Gasteiger partial charge in [-0.25, -0.2) is 4.79 Å². The maximum Gasteiger partial charge on any atom is 0.350 e. The number of hydrogen-bond acceptors (Lipinski definition) is 5. The lowest BCUT2D eigenvalue weighted by Crippen LogP contribution is -2.38. The quantitative estimate of drug-likeness (QED) is 0.712. The predicted octanol–water partition coefficient (Wildman–Crippen LogP) is 4.39. The molecule has 0 bridgehead atoms. The van der Waals surface area contributed by atoms with Gasteiger partial charge in [-0.1, -0.05) is 23.2 Å². The summed E-state index contributed by atoms with van der Waals surface area (Å²) in [6, 6.07) is 3.44. The largest absolute Gasteiger partial charge is 0.495 e. The van der Waals surface area contributed by atoms with Crippen LogP contribution in [0.25, 0.3) is 10.1 Å². The summed E-state index contributed by atoms with van der Waals surface area (Å²) in [7, 11) is 1.52. The summed E-state index contributed by atoms with van der Waals surface area (Å²) in [5.74, 6) is -0.288. The zero-order valence-corrected chi connectivity index (χ0v) is 16.0. The van der Waals surface area contributed by atoms with Crippen molar-refractivity contribution in [2.24, 2.45) is 0 Å². The lowest BCUT2D eigenvalue weighted by molar-refractivity contribution is -0.135. The van der Waals surface area contributed by atoms with Crippen LogP contribution >= 0.6 is 34.5 Å². The third-order valence-corrected chi connectivity index (χ3v) is 6.34. The van der Waals surface area contributed by atoms with Crippen LogP contribution in [-0.4, -0.2) is 43.6 Å². The Morgan fingerprint density at radius 2 is 1.88 bits per heavy atom. The highest BCUT2D eigenvalue weighted by atomic mass is 35.5. The van der Waals surface area contributed by atoms with E-state index in [-0.39, 0.29) is 22.4 Å². The molecule has 0 spiro atoms. The number of carbonyl (C=O) groups is 2. The number of ether oxygens (including phenoxy) is 2. The number of methoxy groups -OCH3 is 1. The fourth-order valence-corrected chi connectivity index (χ4v) is 4.58. The second-order valence-electron chi connectivity index (χ2n) is 5.72. The number of likely N-dealkylation sites (tertiary alicyclic amines) is 1. The number of fused-ring (bicyclic) bond motifs is 1. The molecular weight excluding hydrogens is 385 g/mol. The van der Waals surface area contributed by atoms with E-state index in [1.807, 2.05) is 0 Å². The van der Waals surface area contributed by atoms with E-state index in [2.05, 4.69) is 0 Å². The Balaban J connectivity index is 1.74. The first kappa shape index (κ1) is 18.3. The van der Waals surface area contributed by atoms with Gasteiger partial charge in [0, 0.05) is 18.5 Å². The van der Waals surface area contributed by atoms with E-state index >= 15 is 0 Å². The van der Waals surface area contributed by atoms with Gasteiger partial charge in [-0.05, 0) is 31.4 Å². The van der Waals surface area contributed by atoms with Gasteiger partial charge in [-0.15, -0.1) is 11.3 Å². The fourth-order valence-electron chi connectivity index (χ4n) is 2.80. The van der Waals surface area contributed by atoms with Gasteiger partial charge in [-0.2, -0.15) is 0 Å². The Morgan fingerprint density at radius 1 is 1.16 bits per heavy atom. The van der Waals surface area contributed by atoms with Crippen molar-refractivity contribution < 1.29 is 19.1 Å². The highest BCUT2D eigenvalue weighted by Gasteiger charge is 2.23. The molecule has 0 aliphatic carbocycles. The summed E-state index contributed by atoms with van der Waals surface area (Å²) in [4.78, 5) is 26.4. The first-order valence-corrected chi connectivity index (χ1v) is 9.49. The van der Waals surface area contributed by atoms with Gasteiger partial charge >= 0.3 is 5.97 Å². The Hall–Kier alpha value is -1.50. The average molecular weight is 402 g/mol. The summed E-state index contributed by atoms with van der Waals surface area (Å²) in [5.41, 5.74) is 0. The zero-order valence-electron chi connectivity index (χ0n) is 13.6. The Kier molecular flexibility index (Phi) is 5.71. The fraction of sp³-hybridized carbons (Fsp3) is 0.412. The standard InChI is InChI=1S/C17H17Cl2NO4S/c1-23-11-6-5-10-13(18)16(25-15(10)14(11)19)17(22)24-9-12(21)20-7-3-2-4-8-20/h5-6H,2-4,7-9H2,1H3. The molecule has 0 radical (unpaired) electrons. The van der Waals surface area contributed by atoms with E-state index in [1.54, 1.807) is 17.0 Å². The molecule has 1 saturated heterocycles. The van der Waals surface area contributed by atoms with Crippen molar-refractivity contribution in [2.45, 2.75) is 19.3 Å². The summed E-state index contributed by atoms with van der Waals surface area (Å²) >= 11 is 13.7. The number of esters is 1. The van der Waals surface area contributed by atoms with Crippen molar-refractivity contribution in [2.75, 3.05) is 26.8 Å². The molecule has 0 unspecified atom stereocenters. The molecule has 0 atom stereocenters. The van der Waals surface area contributed by atoms with Gasteiger partial charge in [-0.3, -0.25) is 4.79 Å². The molecule has 1 fully saturated rings. The smallest absolute Gasteiger partial charge is 0.350 e. The van der Waals surface area contributed by atoms with Crippen molar-refractivity contribution >= 4 is 56.5 Å². The zero-order chi connectivity index (χ0) is 18.0. The van der Waals surface area contributed by atoms with E-state index in [9.17, 15) is 9.59 Å². The molecule has 25 heavy (non-hydrogen) atoms. The molecule has 0 N–H and O–H groups in total. The number of rotatable bonds is 4. The highest BCUT2D eigenvalue weighted by molar-refractivity contribution is 7.22. The Morgan fingerprint density at radius 3 is 2.56 bits per heavy atom. The number of piperidine rings is 1. The van der Waals surface area contributed by atoms with Gasteiger partial charge in [0.1, 0.15) is 15.6 Å². The van der Waals surface area contributed by atoms with Gasteiger partial charge in [0.15, 0.2) is 6.61 Å². The van der Waals surface area contributed by atoms with Crippen LogP contribution in [0.2, 0.25) is 10.0 Å². The number of benzene rings is 1. The van der Waals surface area contributed by atoms with Gasteiger partial charge in [0.05, 0.1) is 16.8 Å². The van der Waals surface area contributed by atoms with E-state index in [1.165, 1.54) is 7.11 Å². The average Bonchev–Trinajstić information content (AvgIpc) is 2.98. The second-order valence-corrected chi connectivity index (χ2v) is 7.50. The predicted molar refractivity (Wildman–Crippen MR) is 99.1 cm³/mol. The molecule has 8 heteroatoms. The Bertz CT molecular complexity index is 815.